The van der Waals surface area contributed by atoms with Crippen LogP contribution in [0.3, 0.4) is 0 Å². The molecule has 1 aliphatic rings. The lowest BCUT2D eigenvalue weighted by atomic mass is 10.0. The summed E-state index contributed by atoms with van der Waals surface area (Å²) in [5.74, 6) is 0. The van der Waals surface area contributed by atoms with E-state index in [4.69, 9.17) is 4.18 Å². The molecular weight excluding hydrogens is 430 g/mol. The number of rotatable bonds is 18. The molecule has 1 aliphatic heterocycles. The third kappa shape index (κ3) is 11.4. The van der Waals surface area contributed by atoms with Gasteiger partial charge < -0.3 is 4.90 Å². The van der Waals surface area contributed by atoms with E-state index in [1.54, 1.807) is 30.3 Å². The first kappa shape index (κ1) is 27.7. The van der Waals surface area contributed by atoms with Crippen LogP contribution in [0.1, 0.15) is 102 Å². The first-order valence-electron chi connectivity index (χ1n) is 13.1. The van der Waals surface area contributed by atoms with E-state index >= 15 is 0 Å². The van der Waals surface area contributed by atoms with E-state index in [-0.39, 0.29) is 4.90 Å². The Morgan fingerprint density at radius 3 is 1.82 bits per heavy atom. The van der Waals surface area contributed by atoms with Gasteiger partial charge in [0.1, 0.15) is 0 Å². The van der Waals surface area contributed by atoms with E-state index in [1.807, 2.05) is 30.2 Å². The number of unbranched alkanes of at least 4 members (excludes halogenated alkanes) is 13. The number of hydrogen-bond acceptors (Lipinski definition) is 4. The molecule has 0 radical (unpaired) electrons. The van der Waals surface area contributed by atoms with Gasteiger partial charge in [0.25, 0.3) is 10.1 Å². The van der Waals surface area contributed by atoms with Gasteiger partial charge in [-0.1, -0.05) is 114 Å². The maximum absolute atomic E-state index is 12.7. The van der Waals surface area contributed by atoms with Crippen LogP contribution >= 0.6 is 0 Å². The highest BCUT2D eigenvalue weighted by Gasteiger charge is 2.24. The lowest BCUT2D eigenvalue weighted by molar-refractivity contribution is 0.105. The van der Waals surface area contributed by atoms with Crippen molar-refractivity contribution in [3.8, 4) is 0 Å². The van der Waals surface area contributed by atoms with Gasteiger partial charge in [-0.3, -0.25) is 0 Å². The van der Waals surface area contributed by atoms with E-state index in [9.17, 15) is 8.42 Å². The molecule has 0 saturated carbocycles. The van der Waals surface area contributed by atoms with Crippen LogP contribution < -0.4 is 0 Å². The molecule has 1 unspecified atom stereocenters. The number of allylic oxidation sites excluding steroid dienone is 2. The highest BCUT2D eigenvalue weighted by atomic mass is 32.2. The maximum Gasteiger partial charge on any atom is 0.299 e. The van der Waals surface area contributed by atoms with E-state index < -0.39 is 16.3 Å². The zero-order valence-electron chi connectivity index (χ0n) is 20.9. The van der Waals surface area contributed by atoms with Crippen molar-refractivity contribution < 1.29 is 12.6 Å². The smallest absolute Gasteiger partial charge is 0.299 e. The normalized spacial score (nSPS) is 15.9. The van der Waals surface area contributed by atoms with Gasteiger partial charge in [-0.15, -0.1) is 0 Å². The van der Waals surface area contributed by atoms with Gasteiger partial charge in [-0.05, 0) is 37.6 Å². The molecule has 0 N–H and O–H groups in total. The van der Waals surface area contributed by atoms with Crippen molar-refractivity contribution in [3.05, 3.63) is 54.3 Å². The van der Waals surface area contributed by atoms with E-state index in [0.717, 1.165) is 18.5 Å². The molecule has 186 valence electrons. The first-order valence-corrected chi connectivity index (χ1v) is 14.5. The number of nitrogens with zero attached hydrogens (tertiary/aromatic N) is 1. The van der Waals surface area contributed by atoms with Crippen LogP contribution in [0, 0.1) is 6.92 Å². The number of aryl methyl sites for hydroxylation is 1. The predicted molar refractivity (Wildman–Crippen MR) is 139 cm³/mol. The molecule has 1 aromatic rings. The molecule has 0 spiro atoms. The Hall–Kier alpha value is -1.59. The first-order chi connectivity index (χ1) is 16.0. The van der Waals surface area contributed by atoms with Gasteiger partial charge in [-0.25, -0.2) is 4.18 Å². The van der Waals surface area contributed by atoms with Crippen molar-refractivity contribution in [3.63, 3.8) is 0 Å². The molecule has 0 aliphatic carbocycles. The summed E-state index contributed by atoms with van der Waals surface area (Å²) >= 11 is 0. The average molecular weight is 476 g/mol. The summed E-state index contributed by atoms with van der Waals surface area (Å²) in [4.78, 5) is 2.18. The van der Waals surface area contributed by atoms with Gasteiger partial charge in [-0.2, -0.15) is 8.42 Å². The standard InChI is InChI=1S/C28H45NO3S/c1-3-4-5-6-7-8-9-10-11-12-13-14-15-17-24-29-25-18-16-19-28(29)32-33(30,31)27-22-20-26(2)21-23-27/h16,18-23,25,28H,3-15,17,24H2,1-2H3. The molecule has 4 nitrogen and oxygen atoms in total. The van der Waals surface area contributed by atoms with Crippen molar-refractivity contribution >= 4 is 10.1 Å². The van der Waals surface area contributed by atoms with Crippen LogP contribution in [0.2, 0.25) is 0 Å². The van der Waals surface area contributed by atoms with Crippen molar-refractivity contribution in [2.45, 2.75) is 115 Å². The molecule has 0 aromatic heterocycles. The van der Waals surface area contributed by atoms with Crippen molar-refractivity contribution in [1.82, 2.24) is 4.90 Å². The summed E-state index contributed by atoms with van der Waals surface area (Å²) in [6.07, 6.45) is 25.5. The summed E-state index contributed by atoms with van der Waals surface area (Å²) in [6.45, 7) is 5.00. The van der Waals surface area contributed by atoms with Crippen molar-refractivity contribution in [2.24, 2.45) is 0 Å². The van der Waals surface area contributed by atoms with E-state index in [0.29, 0.717) is 0 Å². The molecule has 1 atom stereocenters. The SMILES string of the molecule is CCCCCCCCCCCCCCCCN1C=CC=CC1OS(=O)(=O)c1ccc(C)cc1. The second-order valence-electron chi connectivity index (χ2n) is 9.31. The second kappa shape index (κ2) is 16.1. The minimum atomic E-state index is -3.79. The maximum atomic E-state index is 12.7. The predicted octanol–water partition coefficient (Wildman–Crippen LogP) is 7.89. The molecule has 0 fully saturated rings. The van der Waals surface area contributed by atoms with Crippen LogP contribution in [0.15, 0.2) is 53.6 Å². The zero-order valence-corrected chi connectivity index (χ0v) is 21.7. The van der Waals surface area contributed by atoms with Crippen molar-refractivity contribution in [2.75, 3.05) is 6.54 Å². The largest absolute Gasteiger partial charge is 0.348 e. The molecular formula is C28H45NO3S. The molecule has 0 amide bonds. The number of benzene rings is 1. The topological polar surface area (TPSA) is 46.6 Å². The Balaban J connectivity index is 1.56. The van der Waals surface area contributed by atoms with E-state index in [2.05, 4.69) is 6.92 Å². The van der Waals surface area contributed by atoms with Gasteiger partial charge in [0.2, 0.25) is 0 Å². The van der Waals surface area contributed by atoms with Crippen LogP contribution in [0.5, 0.6) is 0 Å². The summed E-state index contributed by atoms with van der Waals surface area (Å²) in [7, 11) is -3.79. The molecule has 0 saturated heterocycles. The monoisotopic (exact) mass is 475 g/mol. The fourth-order valence-corrected chi connectivity index (χ4v) is 5.20. The van der Waals surface area contributed by atoms with E-state index in [1.165, 1.54) is 83.5 Å². The third-order valence-corrected chi connectivity index (χ3v) is 7.60. The minimum absolute atomic E-state index is 0.201. The van der Waals surface area contributed by atoms with Crippen LogP contribution in [-0.2, 0) is 14.3 Å². The summed E-state index contributed by atoms with van der Waals surface area (Å²) in [6, 6.07) is 6.79. The van der Waals surface area contributed by atoms with Crippen LogP contribution in [0.4, 0.5) is 0 Å². The fraction of sp³-hybridized carbons (Fsp3) is 0.643. The Morgan fingerprint density at radius 2 is 1.27 bits per heavy atom. The van der Waals surface area contributed by atoms with Gasteiger partial charge in [0, 0.05) is 12.7 Å². The van der Waals surface area contributed by atoms with Gasteiger partial charge in [0.15, 0.2) is 6.23 Å². The zero-order chi connectivity index (χ0) is 23.8. The molecule has 1 heterocycles. The molecule has 1 aromatic carbocycles. The van der Waals surface area contributed by atoms with Gasteiger partial charge in [0.05, 0.1) is 4.90 Å². The van der Waals surface area contributed by atoms with Crippen molar-refractivity contribution in [1.29, 1.82) is 0 Å². The van der Waals surface area contributed by atoms with Gasteiger partial charge >= 0.3 is 0 Å². The Labute approximate surface area is 203 Å². The second-order valence-corrected chi connectivity index (χ2v) is 10.9. The lowest BCUT2D eigenvalue weighted by Gasteiger charge is -2.29. The number of hydrogen-bond donors (Lipinski definition) is 0. The third-order valence-electron chi connectivity index (χ3n) is 6.30. The molecule has 33 heavy (non-hydrogen) atoms. The fourth-order valence-electron chi connectivity index (χ4n) is 4.18. The summed E-state index contributed by atoms with van der Waals surface area (Å²) in [5, 5.41) is 0. The summed E-state index contributed by atoms with van der Waals surface area (Å²) < 4.78 is 30.9. The highest BCUT2D eigenvalue weighted by molar-refractivity contribution is 7.86. The Morgan fingerprint density at radius 1 is 0.758 bits per heavy atom. The lowest BCUT2D eigenvalue weighted by Crippen LogP contribution is -2.35. The molecule has 0 bridgehead atoms. The highest BCUT2D eigenvalue weighted by Crippen LogP contribution is 2.20. The average Bonchev–Trinajstić information content (AvgIpc) is 2.80. The summed E-state index contributed by atoms with van der Waals surface area (Å²) in [5.41, 5.74) is 1.02. The quantitative estimate of drug-likeness (QED) is 0.160. The van der Waals surface area contributed by atoms with Crippen LogP contribution in [0.25, 0.3) is 0 Å². The Kier molecular flexibility index (Phi) is 13.5. The molecule has 5 heteroatoms. The Bertz CT molecular complexity index is 799. The molecule has 2 rings (SSSR count). The minimum Gasteiger partial charge on any atom is -0.348 e. The van der Waals surface area contributed by atoms with Crippen LogP contribution in [-0.4, -0.2) is 26.1 Å².